The molecular formula is C29H25N3O5. The highest BCUT2D eigenvalue weighted by atomic mass is 16.6. The number of hydrogen-bond donors (Lipinski definition) is 2. The Balaban J connectivity index is 1.46. The predicted octanol–water partition coefficient (Wildman–Crippen LogP) is 3.48. The normalized spacial score (nSPS) is 17.7. The second kappa shape index (κ2) is 8.38. The van der Waals surface area contributed by atoms with E-state index in [0.717, 1.165) is 16.5 Å². The van der Waals surface area contributed by atoms with E-state index in [-0.39, 0.29) is 35.5 Å². The van der Waals surface area contributed by atoms with Crippen molar-refractivity contribution in [2.24, 2.45) is 0 Å². The fourth-order valence-corrected chi connectivity index (χ4v) is 5.36. The lowest BCUT2D eigenvalue weighted by molar-refractivity contribution is -0.172. The number of carbonyl (C=O) groups excluding carboxylic acids is 2. The number of aromatic nitrogens is 2. The van der Waals surface area contributed by atoms with E-state index < -0.39 is 11.6 Å². The van der Waals surface area contributed by atoms with E-state index in [4.69, 9.17) is 15.5 Å². The van der Waals surface area contributed by atoms with Gasteiger partial charge in [0, 0.05) is 34.2 Å². The van der Waals surface area contributed by atoms with Crippen molar-refractivity contribution in [1.82, 2.24) is 9.55 Å². The number of aryl methyl sites for hydroxylation is 1. The summed E-state index contributed by atoms with van der Waals surface area (Å²) in [5.41, 5.74) is 9.41. The molecule has 0 aliphatic carbocycles. The van der Waals surface area contributed by atoms with Crippen molar-refractivity contribution >= 4 is 28.3 Å². The molecule has 4 heterocycles. The van der Waals surface area contributed by atoms with Gasteiger partial charge in [-0.05, 0) is 36.6 Å². The first-order chi connectivity index (χ1) is 17.8. The smallest absolute Gasteiger partial charge is 0.343 e. The number of esters is 1. The van der Waals surface area contributed by atoms with Gasteiger partial charge in [0.05, 0.1) is 29.0 Å². The number of anilines is 1. The van der Waals surface area contributed by atoms with Gasteiger partial charge in [-0.2, -0.15) is 0 Å². The van der Waals surface area contributed by atoms with Crippen LogP contribution in [0.5, 0.6) is 0 Å². The highest BCUT2D eigenvalue weighted by molar-refractivity contribution is 5.98. The highest BCUT2D eigenvalue weighted by Gasteiger charge is 2.45. The van der Waals surface area contributed by atoms with Crippen molar-refractivity contribution in [2.45, 2.75) is 44.9 Å². The molecule has 37 heavy (non-hydrogen) atoms. The maximum absolute atomic E-state index is 13.4. The van der Waals surface area contributed by atoms with Gasteiger partial charge >= 0.3 is 5.97 Å². The zero-order valence-electron chi connectivity index (χ0n) is 20.3. The lowest BCUT2D eigenvalue weighted by Crippen LogP contribution is -2.44. The summed E-state index contributed by atoms with van der Waals surface area (Å²) in [6.45, 7) is 1.80. The standard InChI is InChI=1S/C29H25N3O5/c1-2-29(36)21-13-23-26-18(14-32(23)27(34)20(21)15-37-28(29)35)12-19-22(30)10-8-17(25(19)31-26)9-11-24(33)16-6-4-3-5-7-16/h3-8,10,12-13,36H,2,9,11,14-15,30H2,1H3. The van der Waals surface area contributed by atoms with Crippen molar-refractivity contribution < 1.29 is 19.4 Å². The van der Waals surface area contributed by atoms with Crippen LogP contribution in [-0.4, -0.2) is 26.4 Å². The second-order valence-electron chi connectivity index (χ2n) is 9.60. The summed E-state index contributed by atoms with van der Waals surface area (Å²) in [7, 11) is 0. The molecular weight excluding hydrogens is 470 g/mol. The van der Waals surface area contributed by atoms with Crippen LogP contribution in [0.2, 0.25) is 0 Å². The predicted molar refractivity (Wildman–Crippen MR) is 138 cm³/mol. The van der Waals surface area contributed by atoms with Gasteiger partial charge in [0.1, 0.15) is 6.61 Å². The summed E-state index contributed by atoms with van der Waals surface area (Å²) in [5.74, 6) is -0.712. The molecule has 0 spiro atoms. The van der Waals surface area contributed by atoms with Crippen LogP contribution >= 0.6 is 0 Å². The molecule has 0 amide bonds. The number of Topliss-reactive ketones (excluding diaryl/α,β-unsaturated/α-hetero) is 1. The molecule has 8 nitrogen and oxygen atoms in total. The number of carbonyl (C=O) groups is 2. The van der Waals surface area contributed by atoms with Gasteiger partial charge in [0.2, 0.25) is 0 Å². The van der Waals surface area contributed by atoms with Crippen LogP contribution in [0, 0.1) is 0 Å². The number of benzene rings is 2. The number of hydrogen-bond acceptors (Lipinski definition) is 7. The van der Waals surface area contributed by atoms with Crippen molar-refractivity contribution in [3.05, 3.63) is 92.8 Å². The average molecular weight is 496 g/mol. The first kappa shape index (κ1) is 23.1. The number of pyridine rings is 2. The van der Waals surface area contributed by atoms with E-state index in [0.29, 0.717) is 47.5 Å². The van der Waals surface area contributed by atoms with Crippen molar-refractivity contribution in [2.75, 3.05) is 5.73 Å². The fraction of sp³-hybridized carbons (Fsp3) is 0.241. The molecule has 0 radical (unpaired) electrons. The van der Waals surface area contributed by atoms with Gasteiger partial charge in [0.15, 0.2) is 11.4 Å². The Morgan fingerprint density at radius 1 is 1.16 bits per heavy atom. The summed E-state index contributed by atoms with van der Waals surface area (Å²) >= 11 is 0. The summed E-state index contributed by atoms with van der Waals surface area (Å²) in [5, 5.41) is 11.8. The van der Waals surface area contributed by atoms with E-state index in [1.807, 2.05) is 36.4 Å². The third kappa shape index (κ3) is 3.48. The number of rotatable bonds is 5. The minimum absolute atomic E-state index is 0.0426. The second-order valence-corrected chi connectivity index (χ2v) is 9.60. The van der Waals surface area contributed by atoms with E-state index in [1.54, 1.807) is 29.7 Å². The van der Waals surface area contributed by atoms with Gasteiger partial charge in [-0.1, -0.05) is 43.3 Å². The number of nitrogens with two attached hydrogens (primary N) is 1. The maximum atomic E-state index is 13.4. The number of cyclic esters (lactones) is 1. The maximum Gasteiger partial charge on any atom is 0.343 e. The van der Waals surface area contributed by atoms with Crippen molar-refractivity contribution in [3.8, 4) is 11.4 Å². The number of nitrogens with zero attached hydrogens (tertiary/aromatic N) is 2. The molecule has 2 aromatic carbocycles. The zero-order chi connectivity index (χ0) is 25.9. The Bertz CT molecular complexity index is 1680. The minimum atomic E-state index is -1.88. The van der Waals surface area contributed by atoms with Crippen LogP contribution in [0.3, 0.4) is 0 Å². The lowest BCUT2D eigenvalue weighted by Gasteiger charge is -2.31. The molecule has 4 aromatic rings. The number of aliphatic hydroxyl groups is 1. The van der Waals surface area contributed by atoms with Gasteiger partial charge in [-0.3, -0.25) is 9.59 Å². The van der Waals surface area contributed by atoms with Gasteiger partial charge in [0.25, 0.3) is 5.56 Å². The van der Waals surface area contributed by atoms with Crippen LogP contribution in [0.25, 0.3) is 22.3 Å². The molecule has 0 saturated carbocycles. The molecule has 1 unspecified atom stereocenters. The molecule has 0 fully saturated rings. The molecule has 186 valence electrons. The van der Waals surface area contributed by atoms with E-state index >= 15 is 0 Å². The molecule has 8 heteroatoms. The van der Waals surface area contributed by atoms with Gasteiger partial charge < -0.3 is 20.1 Å². The molecule has 0 bridgehead atoms. The Morgan fingerprint density at radius 2 is 1.95 bits per heavy atom. The molecule has 3 N–H and O–H groups in total. The van der Waals surface area contributed by atoms with E-state index in [9.17, 15) is 19.5 Å². The van der Waals surface area contributed by atoms with Gasteiger partial charge in [-0.25, -0.2) is 9.78 Å². The molecule has 2 aliphatic rings. The number of ether oxygens (including phenoxy) is 1. The largest absolute Gasteiger partial charge is 0.458 e. The summed E-state index contributed by atoms with van der Waals surface area (Å²) in [4.78, 5) is 43.5. The first-order valence-corrected chi connectivity index (χ1v) is 12.3. The highest BCUT2D eigenvalue weighted by Crippen LogP contribution is 2.39. The van der Waals surface area contributed by atoms with E-state index in [1.165, 1.54) is 0 Å². The summed E-state index contributed by atoms with van der Waals surface area (Å²) < 4.78 is 6.74. The van der Waals surface area contributed by atoms with Crippen LogP contribution in [0.4, 0.5) is 5.69 Å². The molecule has 0 saturated heterocycles. The van der Waals surface area contributed by atoms with Crippen molar-refractivity contribution in [1.29, 1.82) is 0 Å². The van der Waals surface area contributed by atoms with Gasteiger partial charge in [-0.15, -0.1) is 0 Å². The van der Waals surface area contributed by atoms with Crippen LogP contribution in [0.1, 0.15) is 52.4 Å². The molecule has 2 aromatic heterocycles. The Hall–Kier alpha value is -4.30. The first-order valence-electron chi connectivity index (χ1n) is 12.3. The average Bonchev–Trinajstić information content (AvgIpc) is 3.28. The summed E-state index contributed by atoms with van der Waals surface area (Å²) in [6, 6.07) is 16.5. The van der Waals surface area contributed by atoms with E-state index in [2.05, 4.69) is 0 Å². The number of nitrogen functional groups attached to an aromatic ring is 1. The molecule has 6 rings (SSSR count). The third-order valence-electron chi connectivity index (χ3n) is 7.51. The summed E-state index contributed by atoms with van der Waals surface area (Å²) in [6.07, 6.45) is 0.877. The number of ketones is 1. The minimum Gasteiger partial charge on any atom is -0.458 e. The molecule has 2 aliphatic heterocycles. The molecule has 1 atom stereocenters. The Kier molecular flexibility index (Phi) is 5.24. The quantitative estimate of drug-likeness (QED) is 0.217. The Morgan fingerprint density at radius 3 is 2.70 bits per heavy atom. The zero-order valence-corrected chi connectivity index (χ0v) is 20.3. The van der Waals surface area contributed by atoms with Crippen LogP contribution < -0.4 is 11.3 Å². The van der Waals surface area contributed by atoms with Crippen molar-refractivity contribution in [3.63, 3.8) is 0 Å². The van der Waals surface area contributed by atoms with Crippen LogP contribution in [0.15, 0.2) is 59.4 Å². The SMILES string of the molecule is CCC1(O)C(=O)OCc2c1cc1n(c2=O)Cc2cc3c(N)ccc(CCC(=O)c4ccccc4)c3nc2-1. The fourth-order valence-electron chi connectivity index (χ4n) is 5.36. The van der Waals surface area contributed by atoms with Crippen LogP contribution in [-0.2, 0) is 34.7 Å². The third-order valence-corrected chi connectivity index (χ3v) is 7.51. The topological polar surface area (TPSA) is 125 Å². The Labute approximate surface area is 212 Å². The lowest BCUT2D eigenvalue weighted by atomic mass is 9.86. The monoisotopic (exact) mass is 495 g/mol. The number of fused-ring (bicyclic) bond motifs is 5.